The maximum absolute atomic E-state index is 6.20. The lowest BCUT2D eigenvalue weighted by Crippen LogP contribution is -2.47. The van der Waals surface area contributed by atoms with E-state index in [4.69, 9.17) is 4.74 Å². The van der Waals surface area contributed by atoms with E-state index in [2.05, 4.69) is 81.4 Å². The van der Waals surface area contributed by atoms with Crippen molar-refractivity contribution >= 4 is 17.9 Å². The molecule has 2 aromatic carbocycles. The number of rotatable bonds is 2. The van der Waals surface area contributed by atoms with Crippen molar-refractivity contribution in [3.63, 3.8) is 0 Å². The van der Waals surface area contributed by atoms with Crippen molar-refractivity contribution in [1.82, 2.24) is 0 Å². The summed E-state index contributed by atoms with van der Waals surface area (Å²) >= 11 is 0. The van der Waals surface area contributed by atoms with Gasteiger partial charge in [0.15, 0.2) is 0 Å². The minimum atomic E-state index is -1.40. The molecule has 1 aliphatic rings. The normalized spacial score (nSPS) is 23.7. The molecular weight excluding hydrogens is 275 g/mol. The van der Waals surface area contributed by atoms with Crippen molar-refractivity contribution in [3.05, 3.63) is 60.7 Å². The molecule has 1 heterocycles. The van der Waals surface area contributed by atoms with Crippen LogP contribution >= 0.6 is 7.26 Å². The SMILES string of the molecule is CC1C[P+](c2ccccc2)(c2ccccc2)CC(C)(C)O1. The quantitative estimate of drug-likeness (QED) is 0.765. The van der Waals surface area contributed by atoms with Crippen molar-refractivity contribution in [2.45, 2.75) is 32.5 Å². The lowest BCUT2D eigenvalue weighted by atomic mass is 10.2. The minimum Gasteiger partial charge on any atom is -0.365 e. The summed E-state index contributed by atoms with van der Waals surface area (Å²) < 4.78 is 6.20. The van der Waals surface area contributed by atoms with Gasteiger partial charge in [0.25, 0.3) is 0 Å². The molecule has 0 spiro atoms. The van der Waals surface area contributed by atoms with Crippen LogP contribution in [0, 0.1) is 0 Å². The van der Waals surface area contributed by atoms with Crippen LogP contribution in [0.4, 0.5) is 0 Å². The van der Waals surface area contributed by atoms with E-state index >= 15 is 0 Å². The number of hydrogen-bond acceptors (Lipinski definition) is 1. The second-order valence-corrected chi connectivity index (χ2v) is 10.3. The number of hydrogen-bond donors (Lipinski definition) is 0. The van der Waals surface area contributed by atoms with E-state index in [0.29, 0.717) is 6.10 Å². The molecule has 0 bridgehead atoms. The Bertz CT molecular complexity index is 552. The summed E-state index contributed by atoms with van der Waals surface area (Å²) in [5.74, 6) is 0. The molecule has 0 aromatic heterocycles. The highest BCUT2D eigenvalue weighted by molar-refractivity contribution is 7.89. The smallest absolute Gasteiger partial charge is 0.0993 e. The Hall–Kier alpha value is -1.17. The van der Waals surface area contributed by atoms with E-state index in [0.717, 1.165) is 12.3 Å². The van der Waals surface area contributed by atoms with Crippen molar-refractivity contribution in [3.8, 4) is 0 Å². The molecule has 0 aliphatic carbocycles. The first-order chi connectivity index (χ1) is 10.0. The van der Waals surface area contributed by atoms with Gasteiger partial charge in [-0.25, -0.2) is 0 Å². The van der Waals surface area contributed by atoms with E-state index in [1.165, 1.54) is 10.6 Å². The van der Waals surface area contributed by atoms with Crippen LogP contribution in [0.2, 0.25) is 0 Å². The summed E-state index contributed by atoms with van der Waals surface area (Å²) in [6.45, 7) is 6.70. The zero-order valence-electron chi connectivity index (χ0n) is 13.1. The van der Waals surface area contributed by atoms with Crippen LogP contribution in [0.1, 0.15) is 20.8 Å². The molecular formula is C19H24OP+. The summed E-state index contributed by atoms with van der Waals surface area (Å²) in [6.07, 6.45) is 2.57. The molecule has 2 heteroatoms. The third kappa shape index (κ3) is 2.91. The number of benzene rings is 2. The van der Waals surface area contributed by atoms with Crippen LogP contribution in [-0.4, -0.2) is 24.0 Å². The third-order valence-electron chi connectivity index (χ3n) is 4.24. The average molecular weight is 299 g/mol. The van der Waals surface area contributed by atoms with E-state index in [1.807, 2.05) is 0 Å². The Kier molecular flexibility index (Phi) is 3.90. The Balaban J connectivity index is 2.16. The predicted molar refractivity (Wildman–Crippen MR) is 93.4 cm³/mol. The molecule has 1 fully saturated rings. The summed E-state index contributed by atoms with van der Waals surface area (Å²) in [5, 5.41) is 3.03. The number of ether oxygens (including phenoxy) is 1. The maximum atomic E-state index is 6.20. The van der Waals surface area contributed by atoms with E-state index in [9.17, 15) is 0 Å². The lowest BCUT2D eigenvalue weighted by Gasteiger charge is -2.42. The molecule has 21 heavy (non-hydrogen) atoms. The largest absolute Gasteiger partial charge is 0.365 e. The van der Waals surface area contributed by atoms with Gasteiger partial charge in [-0.2, -0.15) is 0 Å². The van der Waals surface area contributed by atoms with Gasteiger partial charge in [0, 0.05) is 0 Å². The first kappa shape index (κ1) is 14.8. The second-order valence-electron chi connectivity index (χ2n) is 6.67. The van der Waals surface area contributed by atoms with Gasteiger partial charge in [0.2, 0.25) is 0 Å². The molecule has 0 N–H and O–H groups in total. The van der Waals surface area contributed by atoms with Gasteiger partial charge in [-0.05, 0) is 45.0 Å². The Morgan fingerprint density at radius 1 is 0.905 bits per heavy atom. The van der Waals surface area contributed by atoms with Gasteiger partial charge >= 0.3 is 0 Å². The van der Waals surface area contributed by atoms with Gasteiger partial charge in [-0.3, -0.25) is 0 Å². The first-order valence-electron chi connectivity index (χ1n) is 7.68. The lowest BCUT2D eigenvalue weighted by molar-refractivity contribution is -0.0455. The zero-order chi connectivity index (χ0) is 14.9. The highest BCUT2D eigenvalue weighted by Gasteiger charge is 2.52. The molecule has 0 saturated carbocycles. The van der Waals surface area contributed by atoms with E-state index in [1.54, 1.807) is 0 Å². The standard InChI is InChI=1S/C19H24OP/c1-16-14-21(15-19(2,3)20-16,17-10-6-4-7-11-17)18-12-8-5-9-13-18/h4-13,16H,14-15H2,1-3H3/q+1. The molecule has 0 amide bonds. The maximum Gasteiger partial charge on any atom is 0.0993 e. The first-order valence-corrected chi connectivity index (χ1v) is 9.84. The average Bonchev–Trinajstić information content (AvgIpc) is 2.47. The summed E-state index contributed by atoms with van der Waals surface area (Å²) in [4.78, 5) is 0. The summed E-state index contributed by atoms with van der Waals surface area (Å²) in [7, 11) is -1.40. The molecule has 1 saturated heterocycles. The van der Waals surface area contributed by atoms with Crippen molar-refractivity contribution < 1.29 is 4.74 Å². The molecule has 1 unspecified atom stereocenters. The van der Waals surface area contributed by atoms with Crippen LogP contribution in [-0.2, 0) is 4.74 Å². The van der Waals surface area contributed by atoms with E-state index < -0.39 is 7.26 Å². The molecule has 2 aromatic rings. The Labute approximate surface area is 128 Å². The van der Waals surface area contributed by atoms with Crippen LogP contribution in [0.5, 0.6) is 0 Å². The van der Waals surface area contributed by atoms with Crippen LogP contribution in [0.25, 0.3) is 0 Å². The summed E-state index contributed by atoms with van der Waals surface area (Å²) in [6, 6.07) is 22.2. The second kappa shape index (κ2) is 5.55. The molecule has 1 nitrogen and oxygen atoms in total. The fraction of sp³-hybridized carbons (Fsp3) is 0.368. The molecule has 1 aliphatic heterocycles. The van der Waals surface area contributed by atoms with Gasteiger partial charge < -0.3 is 4.74 Å². The fourth-order valence-corrected chi connectivity index (χ4v) is 8.77. The zero-order valence-corrected chi connectivity index (χ0v) is 14.0. The predicted octanol–water partition coefficient (Wildman–Crippen LogP) is 3.85. The van der Waals surface area contributed by atoms with Gasteiger partial charge in [0.1, 0.15) is 0 Å². The van der Waals surface area contributed by atoms with Crippen LogP contribution in [0.15, 0.2) is 60.7 Å². The molecule has 3 rings (SSSR count). The molecule has 110 valence electrons. The fourth-order valence-electron chi connectivity index (χ4n) is 3.74. The highest BCUT2D eigenvalue weighted by Crippen LogP contribution is 2.61. The third-order valence-corrected chi connectivity index (χ3v) is 9.25. The summed E-state index contributed by atoms with van der Waals surface area (Å²) in [5.41, 5.74) is -0.0584. The topological polar surface area (TPSA) is 9.23 Å². The molecule has 0 radical (unpaired) electrons. The van der Waals surface area contributed by atoms with Crippen molar-refractivity contribution in [2.24, 2.45) is 0 Å². The van der Waals surface area contributed by atoms with Crippen molar-refractivity contribution in [2.75, 3.05) is 12.3 Å². The Morgan fingerprint density at radius 3 is 1.81 bits per heavy atom. The van der Waals surface area contributed by atoms with Gasteiger partial charge in [-0.1, -0.05) is 36.4 Å². The van der Waals surface area contributed by atoms with Crippen molar-refractivity contribution in [1.29, 1.82) is 0 Å². The van der Waals surface area contributed by atoms with Gasteiger partial charge in [-0.15, -0.1) is 0 Å². The highest BCUT2D eigenvalue weighted by atomic mass is 31.2. The van der Waals surface area contributed by atoms with E-state index in [-0.39, 0.29) is 5.60 Å². The Morgan fingerprint density at radius 2 is 1.38 bits per heavy atom. The van der Waals surface area contributed by atoms with Crippen LogP contribution < -0.4 is 10.6 Å². The van der Waals surface area contributed by atoms with Crippen LogP contribution in [0.3, 0.4) is 0 Å². The molecule has 1 atom stereocenters. The minimum absolute atomic E-state index is 0.0584. The monoisotopic (exact) mass is 299 g/mol. The van der Waals surface area contributed by atoms with Gasteiger partial charge in [0.05, 0.1) is 41.9 Å².